The van der Waals surface area contributed by atoms with Crippen molar-refractivity contribution in [1.29, 1.82) is 0 Å². The van der Waals surface area contributed by atoms with Crippen LogP contribution in [0.1, 0.15) is 12.2 Å². The van der Waals surface area contributed by atoms with Gasteiger partial charge < -0.3 is 15.1 Å². The van der Waals surface area contributed by atoms with Gasteiger partial charge in [-0.15, -0.1) is 0 Å². The third-order valence-electron chi connectivity index (χ3n) is 4.05. The molecule has 0 unspecified atom stereocenters. The number of piperazine rings is 1. The average molecular weight is 329 g/mol. The van der Waals surface area contributed by atoms with Crippen LogP contribution in [0, 0.1) is 6.92 Å². The monoisotopic (exact) mass is 329 g/mol. The van der Waals surface area contributed by atoms with E-state index in [1.165, 1.54) is 0 Å². The van der Waals surface area contributed by atoms with Crippen LogP contribution in [0.15, 0.2) is 30.7 Å². The molecule has 1 fully saturated rings. The van der Waals surface area contributed by atoms with E-state index >= 15 is 0 Å². The first kappa shape index (κ1) is 16.2. The molecule has 1 aliphatic rings. The zero-order valence-corrected chi connectivity index (χ0v) is 13.9. The minimum Gasteiger partial charge on any atom is -0.353 e. The molecule has 2 amide bonds. The van der Waals surface area contributed by atoms with Gasteiger partial charge in [0.25, 0.3) is 0 Å². The number of amides is 2. The normalized spacial score (nSPS) is 14.7. The SMILES string of the molecule is Cc1nccc(N2CCN(C(=O)NCCCn3cccn3)CC2)n1. The predicted molar refractivity (Wildman–Crippen MR) is 90.8 cm³/mol. The molecular weight excluding hydrogens is 306 g/mol. The standard InChI is InChI=1S/C16H23N7O/c1-14-17-7-4-15(20-14)21-10-12-22(13-11-21)16(24)18-5-2-8-23-9-3-6-19-23/h3-4,6-7,9H,2,5,8,10-13H2,1H3,(H,18,24). The third kappa shape index (κ3) is 4.21. The molecule has 24 heavy (non-hydrogen) atoms. The first-order chi connectivity index (χ1) is 11.7. The lowest BCUT2D eigenvalue weighted by Crippen LogP contribution is -2.52. The van der Waals surface area contributed by atoms with Gasteiger partial charge in [0.15, 0.2) is 0 Å². The molecule has 2 aromatic rings. The van der Waals surface area contributed by atoms with Gasteiger partial charge in [0, 0.05) is 57.9 Å². The smallest absolute Gasteiger partial charge is 0.317 e. The highest BCUT2D eigenvalue weighted by Crippen LogP contribution is 2.12. The Labute approximate surface area is 141 Å². The summed E-state index contributed by atoms with van der Waals surface area (Å²) in [7, 11) is 0. The maximum absolute atomic E-state index is 12.2. The number of nitrogens with one attached hydrogen (secondary N) is 1. The Morgan fingerprint density at radius 3 is 2.79 bits per heavy atom. The second kappa shape index (κ2) is 7.76. The minimum atomic E-state index is 0.00832. The van der Waals surface area contributed by atoms with Gasteiger partial charge in [-0.2, -0.15) is 5.10 Å². The first-order valence-electron chi connectivity index (χ1n) is 8.27. The van der Waals surface area contributed by atoms with Crippen molar-refractivity contribution in [3.8, 4) is 0 Å². The topological polar surface area (TPSA) is 79.2 Å². The lowest BCUT2D eigenvalue weighted by Gasteiger charge is -2.35. The Balaban J connectivity index is 1.38. The summed E-state index contributed by atoms with van der Waals surface area (Å²) in [5.74, 6) is 1.70. The average Bonchev–Trinajstić information content (AvgIpc) is 3.12. The molecule has 0 bridgehead atoms. The summed E-state index contributed by atoms with van der Waals surface area (Å²) in [5, 5.41) is 7.12. The lowest BCUT2D eigenvalue weighted by atomic mass is 10.3. The van der Waals surface area contributed by atoms with Crippen LogP contribution in [0.4, 0.5) is 10.6 Å². The van der Waals surface area contributed by atoms with Gasteiger partial charge in [-0.1, -0.05) is 0 Å². The minimum absolute atomic E-state index is 0.00832. The number of carbonyl (C=O) groups excluding carboxylic acids is 1. The maximum atomic E-state index is 12.2. The van der Waals surface area contributed by atoms with Crippen molar-refractivity contribution in [3.05, 3.63) is 36.5 Å². The van der Waals surface area contributed by atoms with Gasteiger partial charge in [0.05, 0.1) is 0 Å². The molecule has 3 heterocycles. The van der Waals surface area contributed by atoms with Crippen molar-refractivity contribution in [2.75, 3.05) is 37.6 Å². The number of anilines is 1. The molecule has 0 saturated carbocycles. The van der Waals surface area contributed by atoms with Gasteiger partial charge in [-0.3, -0.25) is 4.68 Å². The fraction of sp³-hybridized carbons (Fsp3) is 0.500. The molecule has 3 rings (SSSR count). The number of nitrogens with zero attached hydrogens (tertiary/aromatic N) is 6. The van der Waals surface area contributed by atoms with Gasteiger partial charge in [0.2, 0.25) is 0 Å². The molecule has 2 aromatic heterocycles. The van der Waals surface area contributed by atoms with E-state index in [2.05, 4.69) is 25.3 Å². The number of urea groups is 1. The summed E-state index contributed by atoms with van der Waals surface area (Å²) >= 11 is 0. The number of aryl methyl sites for hydroxylation is 2. The van der Waals surface area contributed by atoms with Gasteiger partial charge >= 0.3 is 6.03 Å². The van der Waals surface area contributed by atoms with E-state index < -0.39 is 0 Å². The van der Waals surface area contributed by atoms with Crippen molar-refractivity contribution in [1.82, 2.24) is 30.0 Å². The molecule has 0 aromatic carbocycles. The summed E-state index contributed by atoms with van der Waals surface area (Å²) in [6.07, 6.45) is 6.33. The number of hydrogen-bond acceptors (Lipinski definition) is 5. The van der Waals surface area contributed by atoms with E-state index in [9.17, 15) is 4.79 Å². The molecule has 8 nitrogen and oxygen atoms in total. The van der Waals surface area contributed by atoms with Crippen LogP contribution in [0.5, 0.6) is 0 Å². The van der Waals surface area contributed by atoms with Crippen LogP contribution >= 0.6 is 0 Å². The number of rotatable bonds is 5. The highest BCUT2D eigenvalue weighted by atomic mass is 16.2. The van der Waals surface area contributed by atoms with E-state index in [4.69, 9.17) is 0 Å². The quantitative estimate of drug-likeness (QED) is 0.825. The van der Waals surface area contributed by atoms with Crippen LogP contribution in [0.3, 0.4) is 0 Å². The zero-order valence-electron chi connectivity index (χ0n) is 13.9. The largest absolute Gasteiger partial charge is 0.353 e. The first-order valence-corrected chi connectivity index (χ1v) is 8.27. The zero-order chi connectivity index (χ0) is 16.8. The fourth-order valence-electron chi connectivity index (χ4n) is 2.74. The Morgan fingerprint density at radius 2 is 2.08 bits per heavy atom. The van der Waals surface area contributed by atoms with Crippen LogP contribution in [0.2, 0.25) is 0 Å². The molecule has 1 saturated heterocycles. The van der Waals surface area contributed by atoms with Crippen LogP contribution < -0.4 is 10.2 Å². The fourth-order valence-corrected chi connectivity index (χ4v) is 2.74. The summed E-state index contributed by atoms with van der Waals surface area (Å²) in [6.45, 7) is 6.34. The van der Waals surface area contributed by atoms with Gasteiger partial charge in [0.1, 0.15) is 11.6 Å². The van der Waals surface area contributed by atoms with Crippen molar-refractivity contribution in [3.63, 3.8) is 0 Å². The van der Waals surface area contributed by atoms with Crippen LogP contribution in [-0.2, 0) is 6.54 Å². The van der Waals surface area contributed by atoms with E-state index in [1.54, 1.807) is 12.4 Å². The molecule has 1 N–H and O–H groups in total. The highest BCUT2D eigenvalue weighted by Gasteiger charge is 2.21. The van der Waals surface area contributed by atoms with E-state index in [-0.39, 0.29) is 6.03 Å². The van der Waals surface area contributed by atoms with Crippen molar-refractivity contribution in [2.45, 2.75) is 19.9 Å². The van der Waals surface area contributed by atoms with Crippen LogP contribution in [0.25, 0.3) is 0 Å². The molecular formula is C16H23N7O. The highest BCUT2D eigenvalue weighted by molar-refractivity contribution is 5.74. The van der Waals surface area contributed by atoms with E-state index in [0.29, 0.717) is 19.6 Å². The molecule has 0 atom stereocenters. The summed E-state index contributed by atoms with van der Waals surface area (Å²) < 4.78 is 1.87. The number of carbonyl (C=O) groups is 1. The van der Waals surface area contributed by atoms with Crippen molar-refractivity contribution in [2.24, 2.45) is 0 Å². The van der Waals surface area contributed by atoms with Crippen LogP contribution in [-0.4, -0.2) is 63.4 Å². The summed E-state index contributed by atoms with van der Waals surface area (Å²) in [5.41, 5.74) is 0. The molecule has 128 valence electrons. The summed E-state index contributed by atoms with van der Waals surface area (Å²) in [6, 6.07) is 3.82. The van der Waals surface area contributed by atoms with Crippen molar-refractivity contribution >= 4 is 11.8 Å². The second-order valence-corrected chi connectivity index (χ2v) is 5.79. The third-order valence-corrected chi connectivity index (χ3v) is 4.05. The summed E-state index contributed by atoms with van der Waals surface area (Å²) in [4.78, 5) is 24.8. The van der Waals surface area contributed by atoms with E-state index in [0.717, 1.165) is 37.7 Å². The Bertz CT molecular complexity index is 650. The van der Waals surface area contributed by atoms with Gasteiger partial charge in [-0.25, -0.2) is 14.8 Å². The Morgan fingerprint density at radius 1 is 1.25 bits per heavy atom. The molecule has 0 aliphatic carbocycles. The number of aromatic nitrogens is 4. The molecule has 8 heteroatoms. The molecule has 0 radical (unpaired) electrons. The Kier molecular flexibility index (Phi) is 5.25. The molecule has 0 spiro atoms. The predicted octanol–water partition coefficient (Wildman–Crippen LogP) is 0.903. The number of hydrogen-bond donors (Lipinski definition) is 1. The second-order valence-electron chi connectivity index (χ2n) is 5.79. The lowest BCUT2D eigenvalue weighted by molar-refractivity contribution is 0.194. The van der Waals surface area contributed by atoms with Gasteiger partial charge in [-0.05, 0) is 25.5 Å². The Hall–Kier alpha value is -2.64. The van der Waals surface area contributed by atoms with E-state index in [1.807, 2.05) is 34.8 Å². The maximum Gasteiger partial charge on any atom is 0.317 e. The van der Waals surface area contributed by atoms with Crippen molar-refractivity contribution < 1.29 is 4.79 Å². The molecule has 1 aliphatic heterocycles.